The molecule has 0 bridgehead atoms. The summed E-state index contributed by atoms with van der Waals surface area (Å²) >= 11 is 0. The fourth-order valence-electron chi connectivity index (χ4n) is 3.19. The van der Waals surface area contributed by atoms with Crippen LogP contribution >= 0.6 is 0 Å². The average Bonchev–Trinajstić information content (AvgIpc) is 2.30. The number of nitrogens with one attached hydrogen (secondary N) is 1. The zero-order valence-corrected chi connectivity index (χ0v) is 11.3. The number of hydrogen-bond donors (Lipinski definition) is 1. The summed E-state index contributed by atoms with van der Waals surface area (Å²) in [6.45, 7) is 7.69. The van der Waals surface area contributed by atoms with Crippen LogP contribution in [0, 0.1) is 0 Å². The van der Waals surface area contributed by atoms with Crippen LogP contribution in [0.3, 0.4) is 0 Å². The van der Waals surface area contributed by atoms with Gasteiger partial charge < -0.3 is 10.1 Å². The first-order valence-corrected chi connectivity index (χ1v) is 7.47. The molecule has 0 aromatic heterocycles. The maximum atomic E-state index is 5.70. The zero-order chi connectivity index (χ0) is 11.9. The lowest BCUT2D eigenvalue weighted by Crippen LogP contribution is -2.56. The number of nitrogens with zero attached hydrogens (tertiary/aromatic N) is 1. The van der Waals surface area contributed by atoms with E-state index in [4.69, 9.17) is 4.74 Å². The van der Waals surface area contributed by atoms with E-state index in [1.54, 1.807) is 0 Å². The second-order valence-electron chi connectivity index (χ2n) is 5.40. The van der Waals surface area contributed by atoms with Crippen LogP contribution in [0.15, 0.2) is 0 Å². The molecule has 3 heteroatoms. The Bertz CT molecular complexity index is 200. The summed E-state index contributed by atoms with van der Waals surface area (Å²) in [6.07, 6.45) is 8.18. The lowest BCUT2D eigenvalue weighted by molar-refractivity contribution is -0.00532. The maximum absolute atomic E-state index is 5.70. The summed E-state index contributed by atoms with van der Waals surface area (Å²) in [5.41, 5.74) is 0. The van der Waals surface area contributed by atoms with Crippen LogP contribution in [0.5, 0.6) is 0 Å². The van der Waals surface area contributed by atoms with Crippen molar-refractivity contribution in [3.63, 3.8) is 0 Å². The summed E-state index contributed by atoms with van der Waals surface area (Å²) in [6, 6.07) is 1.26. The van der Waals surface area contributed by atoms with E-state index in [0.29, 0.717) is 12.1 Å². The molecular weight excluding hydrogens is 212 g/mol. The molecule has 0 aromatic rings. The predicted molar refractivity (Wildman–Crippen MR) is 71.3 cm³/mol. The third-order valence-corrected chi connectivity index (χ3v) is 4.15. The van der Waals surface area contributed by atoms with Gasteiger partial charge in [-0.05, 0) is 38.9 Å². The van der Waals surface area contributed by atoms with Gasteiger partial charge in [0, 0.05) is 18.7 Å². The number of likely N-dealkylation sites (tertiary alicyclic amines) is 1. The first-order chi connectivity index (χ1) is 8.42. The highest BCUT2D eigenvalue weighted by molar-refractivity contribution is 4.87. The molecular formula is C14H28N2O. The molecule has 0 aliphatic carbocycles. The molecule has 17 heavy (non-hydrogen) atoms. The van der Waals surface area contributed by atoms with Gasteiger partial charge in [0.2, 0.25) is 0 Å². The monoisotopic (exact) mass is 240 g/mol. The standard InChI is InChI=1S/C14H28N2O/c1-2-15-13-8-11-17-12-14(13)16-9-6-4-3-5-7-10-16/h13-15H,2-12H2,1H3. The zero-order valence-electron chi connectivity index (χ0n) is 11.3. The van der Waals surface area contributed by atoms with E-state index in [1.807, 2.05) is 0 Å². The van der Waals surface area contributed by atoms with Crippen LogP contribution in [0.25, 0.3) is 0 Å². The van der Waals surface area contributed by atoms with Crippen molar-refractivity contribution in [2.24, 2.45) is 0 Å². The lowest BCUT2D eigenvalue weighted by Gasteiger charge is -2.40. The lowest BCUT2D eigenvalue weighted by atomic mass is 9.99. The van der Waals surface area contributed by atoms with Gasteiger partial charge in [-0.25, -0.2) is 0 Å². The molecule has 2 atom stereocenters. The Hall–Kier alpha value is -0.120. The van der Waals surface area contributed by atoms with E-state index in [1.165, 1.54) is 51.6 Å². The predicted octanol–water partition coefficient (Wildman–Crippen LogP) is 2.02. The van der Waals surface area contributed by atoms with E-state index in [2.05, 4.69) is 17.1 Å². The van der Waals surface area contributed by atoms with E-state index in [9.17, 15) is 0 Å². The maximum Gasteiger partial charge on any atom is 0.0637 e. The molecule has 3 nitrogen and oxygen atoms in total. The highest BCUT2D eigenvalue weighted by atomic mass is 16.5. The Morgan fingerprint density at radius 1 is 1.12 bits per heavy atom. The van der Waals surface area contributed by atoms with Gasteiger partial charge in [-0.15, -0.1) is 0 Å². The Balaban J connectivity index is 1.90. The Morgan fingerprint density at radius 3 is 2.53 bits per heavy atom. The molecule has 2 rings (SSSR count). The summed E-state index contributed by atoms with van der Waals surface area (Å²) in [4.78, 5) is 2.69. The van der Waals surface area contributed by atoms with Crippen LogP contribution in [0.4, 0.5) is 0 Å². The molecule has 0 radical (unpaired) electrons. The minimum absolute atomic E-state index is 0.613. The van der Waals surface area contributed by atoms with Crippen LogP contribution in [-0.2, 0) is 4.74 Å². The second-order valence-corrected chi connectivity index (χ2v) is 5.40. The summed E-state index contributed by atoms with van der Waals surface area (Å²) in [5.74, 6) is 0. The first-order valence-electron chi connectivity index (χ1n) is 7.47. The summed E-state index contributed by atoms with van der Waals surface area (Å²) in [7, 11) is 0. The molecule has 2 unspecified atom stereocenters. The van der Waals surface area contributed by atoms with Crippen molar-refractivity contribution in [2.45, 2.75) is 57.5 Å². The van der Waals surface area contributed by atoms with Crippen LogP contribution < -0.4 is 5.32 Å². The van der Waals surface area contributed by atoms with Gasteiger partial charge >= 0.3 is 0 Å². The normalized spacial score (nSPS) is 33.0. The highest BCUT2D eigenvalue weighted by Crippen LogP contribution is 2.19. The van der Waals surface area contributed by atoms with Crippen LogP contribution in [0.2, 0.25) is 0 Å². The third kappa shape index (κ3) is 3.94. The van der Waals surface area contributed by atoms with Gasteiger partial charge in [-0.2, -0.15) is 0 Å². The SMILES string of the molecule is CCNC1CCOCC1N1CCCCCCC1. The molecule has 0 aromatic carbocycles. The molecule has 0 saturated carbocycles. The minimum Gasteiger partial charge on any atom is -0.380 e. The molecule has 2 fully saturated rings. The van der Waals surface area contributed by atoms with E-state index in [-0.39, 0.29) is 0 Å². The van der Waals surface area contributed by atoms with Crippen molar-refractivity contribution in [3.8, 4) is 0 Å². The molecule has 2 aliphatic heterocycles. The van der Waals surface area contributed by atoms with E-state index < -0.39 is 0 Å². The average molecular weight is 240 g/mol. The van der Waals surface area contributed by atoms with Gasteiger partial charge in [-0.1, -0.05) is 26.2 Å². The fraction of sp³-hybridized carbons (Fsp3) is 1.00. The second kappa shape index (κ2) is 7.34. The number of likely N-dealkylation sites (N-methyl/N-ethyl adjacent to an activating group) is 1. The topological polar surface area (TPSA) is 24.5 Å². The van der Waals surface area contributed by atoms with Crippen molar-refractivity contribution >= 4 is 0 Å². The van der Waals surface area contributed by atoms with E-state index >= 15 is 0 Å². The van der Waals surface area contributed by atoms with Gasteiger partial charge in [0.25, 0.3) is 0 Å². The van der Waals surface area contributed by atoms with Crippen molar-refractivity contribution in [1.82, 2.24) is 10.2 Å². The highest BCUT2D eigenvalue weighted by Gasteiger charge is 2.29. The quantitative estimate of drug-likeness (QED) is 0.817. The molecule has 1 N–H and O–H groups in total. The smallest absolute Gasteiger partial charge is 0.0637 e. The molecule has 0 amide bonds. The molecule has 0 spiro atoms. The number of rotatable bonds is 3. The molecule has 100 valence electrons. The third-order valence-electron chi connectivity index (χ3n) is 4.15. The van der Waals surface area contributed by atoms with Gasteiger partial charge in [0.05, 0.1) is 6.61 Å². The molecule has 2 aliphatic rings. The first kappa shape index (κ1) is 13.3. The Labute approximate surface area is 106 Å². The van der Waals surface area contributed by atoms with Crippen molar-refractivity contribution in [2.75, 3.05) is 32.8 Å². The fourth-order valence-corrected chi connectivity index (χ4v) is 3.19. The van der Waals surface area contributed by atoms with Crippen molar-refractivity contribution < 1.29 is 4.74 Å². The summed E-state index contributed by atoms with van der Waals surface area (Å²) in [5, 5.41) is 3.65. The van der Waals surface area contributed by atoms with Gasteiger partial charge in [-0.3, -0.25) is 4.90 Å². The number of ether oxygens (including phenoxy) is 1. The summed E-state index contributed by atoms with van der Waals surface area (Å²) < 4.78 is 5.70. The van der Waals surface area contributed by atoms with Crippen molar-refractivity contribution in [1.29, 1.82) is 0 Å². The Kier molecular flexibility index (Phi) is 5.75. The number of hydrogen-bond acceptors (Lipinski definition) is 3. The van der Waals surface area contributed by atoms with Crippen LogP contribution in [-0.4, -0.2) is 49.8 Å². The minimum atomic E-state index is 0.613. The van der Waals surface area contributed by atoms with Gasteiger partial charge in [0.15, 0.2) is 0 Å². The van der Waals surface area contributed by atoms with Crippen molar-refractivity contribution in [3.05, 3.63) is 0 Å². The van der Waals surface area contributed by atoms with Gasteiger partial charge in [0.1, 0.15) is 0 Å². The molecule has 2 saturated heterocycles. The molecule has 2 heterocycles. The van der Waals surface area contributed by atoms with Crippen LogP contribution in [0.1, 0.15) is 45.4 Å². The Morgan fingerprint density at radius 2 is 1.82 bits per heavy atom. The largest absolute Gasteiger partial charge is 0.380 e. The van der Waals surface area contributed by atoms with E-state index in [0.717, 1.165) is 19.8 Å².